The third-order valence-electron chi connectivity index (χ3n) is 2.57. The minimum Gasteiger partial charge on any atom is -0.481 e. The van der Waals surface area contributed by atoms with Crippen molar-refractivity contribution in [2.45, 2.75) is 17.9 Å². The molecule has 20 heavy (non-hydrogen) atoms. The Kier molecular flexibility index (Phi) is 4.16. The molecule has 0 aliphatic carbocycles. The van der Waals surface area contributed by atoms with Crippen LogP contribution in [-0.2, 0) is 27.8 Å². The normalized spacial score (nSPS) is 11.4. The first-order valence-corrected chi connectivity index (χ1v) is 7.24. The number of aromatic nitrogens is 2. The summed E-state index contributed by atoms with van der Waals surface area (Å²) >= 11 is 0. The number of H-pyrrole nitrogens is 1. The number of nitrogens with one attached hydrogen (secondary N) is 2. The summed E-state index contributed by atoms with van der Waals surface area (Å²) in [6, 6.07) is 5.72. The average molecular weight is 295 g/mol. The monoisotopic (exact) mass is 295 g/mol. The summed E-state index contributed by atoms with van der Waals surface area (Å²) < 4.78 is 26.4. The van der Waals surface area contributed by atoms with Crippen LogP contribution in [0.1, 0.15) is 11.4 Å². The molecule has 0 atom stereocenters. The summed E-state index contributed by atoms with van der Waals surface area (Å²) in [7, 11) is -3.64. The summed E-state index contributed by atoms with van der Waals surface area (Å²) in [4.78, 5) is 17.3. The molecule has 2 aromatic rings. The standard InChI is InChI=1S/C12H13N3O4S/c16-12(17)7-9-1-3-10(4-2-9)20(18,19)15-8-11-13-5-6-14-11/h1-6,15H,7-8H2,(H,13,14)(H,16,17). The molecule has 0 unspecified atom stereocenters. The molecule has 7 nitrogen and oxygen atoms in total. The number of nitrogens with zero attached hydrogens (tertiary/aromatic N) is 1. The van der Waals surface area contributed by atoms with Crippen molar-refractivity contribution in [2.75, 3.05) is 0 Å². The number of carboxylic acid groups (broad SMARTS) is 1. The Morgan fingerprint density at radius 2 is 2.00 bits per heavy atom. The molecule has 3 N–H and O–H groups in total. The molecular formula is C12H13N3O4S. The molecule has 0 saturated carbocycles. The van der Waals surface area contributed by atoms with Crippen molar-refractivity contribution >= 4 is 16.0 Å². The van der Waals surface area contributed by atoms with Crippen LogP contribution in [0.2, 0.25) is 0 Å². The van der Waals surface area contributed by atoms with E-state index in [1.165, 1.54) is 30.5 Å². The lowest BCUT2D eigenvalue weighted by atomic mass is 10.2. The smallest absolute Gasteiger partial charge is 0.307 e. The molecule has 8 heteroatoms. The number of aliphatic carboxylic acids is 1. The van der Waals surface area contributed by atoms with Gasteiger partial charge in [-0.2, -0.15) is 0 Å². The number of aromatic amines is 1. The van der Waals surface area contributed by atoms with Gasteiger partial charge in [-0.1, -0.05) is 12.1 Å². The van der Waals surface area contributed by atoms with Gasteiger partial charge in [0, 0.05) is 12.4 Å². The summed E-state index contributed by atoms with van der Waals surface area (Å²) in [5.41, 5.74) is 0.544. The van der Waals surface area contributed by atoms with E-state index in [0.29, 0.717) is 11.4 Å². The summed E-state index contributed by atoms with van der Waals surface area (Å²) in [6.45, 7) is 0.0617. The zero-order valence-corrected chi connectivity index (χ0v) is 11.2. The third-order valence-corrected chi connectivity index (χ3v) is 3.99. The van der Waals surface area contributed by atoms with E-state index in [0.717, 1.165) is 0 Å². The summed E-state index contributed by atoms with van der Waals surface area (Å²) in [5, 5.41) is 8.64. The molecule has 1 aromatic heterocycles. The van der Waals surface area contributed by atoms with Gasteiger partial charge in [-0.25, -0.2) is 18.1 Å². The molecule has 1 heterocycles. The molecule has 0 amide bonds. The lowest BCUT2D eigenvalue weighted by molar-refractivity contribution is -0.136. The van der Waals surface area contributed by atoms with Crippen molar-refractivity contribution in [3.63, 3.8) is 0 Å². The second kappa shape index (κ2) is 5.85. The Hall–Kier alpha value is -2.19. The van der Waals surface area contributed by atoms with Crippen molar-refractivity contribution in [3.05, 3.63) is 48.0 Å². The van der Waals surface area contributed by atoms with Gasteiger partial charge in [-0.15, -0.1) is 0 Å². The molecule has 0 radical (unpaired) electrons. The first-order valence-electron chi connectivity index (χ1n) is 5.76. The van der Waals surface area contributed by atoms with E-state index in [9.17, 15) is 13.2 Å². The molecule has 0 spiro atoms. The van der Waals surface area contributed by atoms with Crippen LogP contribution in [0.4, 0.5) is 0 Å². The van der Waals surface area contributed by atoms with E-state index in [1.807, 2.05) is 0 Å². The van der Waals surface area contributed by atoms with Crippen LogP contribution in [0, 0.1) is 0 Å². The van der Waals surface area contributed by atoms with Gasteiger partial charge in [0.05, 0.1) is 17.9 Å². The first kappa shape index (κ1) is 14.2. The molecule has 2 rings (SSSR count). The zero-order valence-electron chi connectivity index (χ0n) is 10.4. The summed E-state index contributed by atoms with van der Waals surface area (Å²) in [5.74, 6) is -0.451. The molecule has 0 aliphatic heterocycles. The second-order valence-corrected chi connectivity index (χ2v) is 5.84. The van der Waals surface area contributed by atoms with Gasteiger partial charge >= 0.3 is 5.97 Å². The minimum atomic E-state index is -3.64. The maximum atomic E-state index is 12.0. The number of imidazole rings is 1. The highest BCUT2D eigenvalue weighted by molar-refractivity contribution is 7.89. The second-order valence-electron chi connectivity index (χ2n) is 4.07. The fraction of sp³-hybridized carbons (Fsp3) is 0.167. The lowest BCUT2D eigenvalue weighted by Gasteiger charge is -2.06. The van der Waals surface area contributed by atoms with Crippen molar-refractivity contribution in [2.24, 2.45) is 0 Å². The van der Waals surface area contributed by atoms with Crippen LogP contribution < -0.4 is 4.72 Å². The Bertz CT molecular complexity index is 678. The Morgan fingerprint density at radius 3 is 2.55 bits per heavy atom. The largest absolute Gasteiger partial charge is 0.481 e. The number of hydrogen-bond donors (Lipinski definition) is 3. The van der Waals surface area contributed by atoms with Gasteiger partial charge < -0.3 is 10.1 Å². The van der Waals surface area contributed by atoms with Crippen molar-refractivity contribution in [3.8, 4) is 0 Å². The Labute approximate surface area is 115 Å². The number of sulfonamides is 1. The average Bonchev–Trinajstić information content (AvgIpc) is 2.89. The number of carboxylic acids is 1. The van der Waals surface area contributed by atoms with Gasteiger partial charge in [0.1, 0.15) is 5.82 Å². The number of rotatable bonds is 6. The van der Waals surface area contributed by atoms with Crippen molar-refractivity contribution in [1.82, 2.24) is 14.7 Å². The predicted octanol–water partition coefficient (Wildman–Crippen LogP) is 0.515. The molecule has 0 saturated heterocycles. The molecule has 0 fully saturated rings. The van der Waals surface area contributed by atoms with E-state index >= 15 is 0 Å². The van der Waals surface area contributed by atoms with Gasteiger partial charge in [0.2, 0.25) is 10.0 Å². The Morgan fingerprint density at radius 1 is 1.30 bits per heavy atom. The van der Waals surface area contributed by atoms with Crippen LogP contribution >= 0.6 is 0 Å². The minimum absolute atomic E-state index is 0.0617. The molecule has 1 aromatic carbocycles. The number of hydrogen-bond acceptors (Lipinski definition) is 4. The van der Waals surface area contributed by atoms with Crippen molar-refractivity contribution in [1.29, 1.82) is 0 Å². The third kappa shape index (κ3) is 3.65. The van der Waals surface area contributed by atoms with E-state index in [1.54, 1.807) is 6.20 Å². The van der Waals surface area contributed by atoms with Crippen molar-refractivity contribution < 1.29 is 18.3 Å². The topological polar surface area (TPSA) is 112 Å². The van der Waals surface area contributed by atoms with Gasteiger partial charge in [-0.3, -0.25) is 4.79 Å². The Balaban J connectivity index is 2.07. The molecule has 106 valence electrons. The maximum Gasteiger partial charge on any atom is 0.307 e. The van der Waals surface area contributed by atoms with Crippen LogP contribution in [0.5, 0.6) is 0 Å². The number of carbonyl (C=O) groups is 1. The predicted molar refractivity (Wildman–Crippen MR) is 70.4 cm³/mol. The summed E-state index contributed by atoms with van der Waals surface area (Å²) in [6.07, 6.45) is 2.99. The van der Waals surface area contributed by atoms with Crippen LogP contribution in [0.3, 0.4) is 0 Å². The maximum absolute atomic E-state index is 12.0. The number of benzene rings is 1. The molecular weight excluding hydrogens is 282 g/mol. The highest BCUT2D eigenvalue weighted by Gasteiger charge is 2.14. The van der Waals surface area contributed by atoms with E-state index < -0.39 is 16.0 Å². The quantitative estimate of drug-likeness (QED) is 0.719. The zero-order chi connectivity index (χ0) is 14.6. The lowest BCUT2D eigenvalue weighted by Crippen LogP contribution is -2.23. The fourth-order valence-corrected chi connectivity index (χ4v) is 2.59. The molecule has 0 aliphatic rings. The first-order chi connectivity index (χ1) is 9.47. The van der Waals surface area contributed by atoms with E-state index in [2.05, 4.69) is 14.7 Å². The van der Waals surface area contributed by atoms with E-state index in [-0.39, 0.29) is 17.9 Å². The van der Waals surface area contributed by atoms with Crippen LogP contribution in [0.15, 0.2) is 41.6 Å². The SMILES string of the molecule is O=C(O)Cc1ccc(S(=O)(=O)NCc2ncc[nH]2)cc1. The van der Waals surface area contributed by atoms with Gasteiger partial charge in [0.15, 0.2) is 0 Å². The highest BCUT2D eigenvalue weighted by atomic mass is 32.2. The fourth-order valence-electron chi connectivity index (χ4n) is 1.60. The van der Waals surface area contributed by atoms with E-state index in [4.69, 9.17) is 5.11 Å². The van der Waals surface area contributed by atoms with Crippen LogP contribution in [0.25, 0.3) is 0 Å². The highest BCUT2D eigenvalue weighted by Crippen LogP contribution is 2.11. The van der Waals surface area contributed by atoms with Crippen LogP contribution in [-0.4, -0.2) is 29.5 Å². The van der Waals surface area contributed by atoms with Gasteiger partial charge in [-0.05, 0) is 17.7 Å². The molecule has 0 bridgehead atoms. The van der Waals surface area contributed by atoms with Gasteiger partial charge in [0.25, 0.3) is 0 Å².